The highest BCUT2D eigenvalue weighted by Crippen LogP contribution is 2.31. The van der Waals surface area contributed by atoms with E-state index >= 15 is 0 Å². The third kappa shape index (κ3) is 3.90. The first-order chi connectivity index (χ1) is 12.3. The van der Waals surface area contributed by atoms with E-state index in [-0.39, 0.29) is 11.9 Å². The van der Waals surface area contributed by atoms with Crippen LogP contribution in [-0.4, -0.2) is 44.2 Å². The molecule has 1 aliphatic carbocycles. The van der Waals surface area contributed by atoms with E-state index < -0.39 is 0 Å². The zero-order chi connectivity index (χ0) is 17.1. The summed E-state index contributed by atoms with van der Waals surface area (Å²) in [5, 5.41) is 7.47. The molecule has 0 unspecified atom stereocenters. The van der Waals surface area contributed by atoms with Crippen LogP contribution in [0.3, 0.4) is 0 Å². The van der Waals surface area contributed by atoms with E-state index in [0.717, 1.165) is 44.3 Å². The van der Waals surface area contributed by atoms with Gasteiger partial charge < -0.3 is 5.32 Å². The summed E-state index contributed by atoms with van der Waals surface area (Å²) in [4.78, 5) is 19.5. The molecule has 25 heavy (non-hydrogen) atoms. The van der Waals surface area contributed by atoms with Gasteiger partial charge in [-0.1, -0.05) is 36.8 Å². The van der Waals surface area contributed by atoms with E-state index in [2.05, 4.69) is 32.4 Å². The van der Waals surface area contributed by atoms with Crippen LogP contribution in [0.1, 0.15) is 43.7 Å². The van der Waals surface area contributed by atoms with Crippen LogP contribution in [0.5, 0.6) is 0 Å². The molecule has 1 N–H and O–H groups in total. The molecule has 0 radical (unpaired) electrons. The lowest BCUT2D eigenvalue weighted by Gasteiger charge is -2.40. The Bertz CT molecular complexity index is 683. The third-order valence-electron chi connectivity index (χ3n) is 5.16. The topological polar surface area (TPSA) is 63.1 Å². The van der Waals surface area contributed by atoms with Crippen LogP contribution in [0.2, 0.25) is 0 Å². The van der Waals surface area contributed by atoms with Crippen LogP contribution in [-0.2, 0) is 11.3 Å². The van der Waals surface area contributed by atoms with Crippen molar-refractivity contribution in [2.75, 3.05) is 6.54 Å². The predicted octanol–water partition coefficient (Wildman–Crippen LogP) is 2.15. The molecule has 6 nitrogen and oxygen atoms in total. The molecule has 4 rings (SSSR count). The summed E-state index contributed by atoms with van der Waals surface area (Å²) in [7, 11) is 0. The van der Waals surface area contributed by atoms with Crippen molar-refractivity contribution in [1.82, 2.24) is 25.0 Å². The number of nitrogens with zero attached hydrogens (tertiary/aromatic N) is 4. The van der Waals surface area contributed by atoms with Gasteiger partial charge in [0.25, 0.3) is 0 Å². The number of aromatic nitrogens is 3. The molecule has 2 fully saturated rings. The highest BCUT2D eigenvalue weighted by Gasteiger charge is 2.36. The van der Waals surface area contributed by atoms with Gasteiger partial charge in [0.15, 0.2) is 0 Å². The summed E-state index contributed by atoms with van der Waals surface area (Å²) in [5.41, 5.74) is 1.08. The Morgan fingerprint density at radius 2 is 2.04 bits per heavy atom. The summed E-state index contributed by atoms with van der Waals surface area (Å²) in [6, 6.07) is 10.6. The fourth-order valence-electron chi connectivity index (χ4n) is 3.74. The van der Waals surface area contributed by atoms with Crippen molar-refractivity contribution in [3.8, 4) is 0 Å². The highest BCUT2D eigenvalue weighted by atomic mass is 16.2. The molecule has 1 aliphatic heterocycles. The first kappa shape index (κ1) is 16.3. The Morgan fingerprint density at radius 3 is 2.76 bits per heavy atom. The second-order valence-electron chi connectivity index (χ2n) is 7.10. The lowest BCUT2D eigenvalue weighted by atomic mass is 9.95. The third-order valence-corrected chi connectivity index (χ3v) is 5.16. The number of piperidine rings is 1. The van der Waals surface area contributed by atoms with Gasteiger partial charge in [-0.25, -0.2) is 4.98 Å². The largest absolute Gasteiger partial charge is 0.352 e. The minimum absolute atomic E-state index is 0.138. The SMILES string of the molecule is O=C(NC1CC1)[C@@H](c1ccccc1)N1CCCC[C@@H]1Cn1cncn1. The number of amides is 1. The van der Waals surface area contributed by atoms with Crippen molar-refractivity contribution in [2.24, 2.45) is 0 Å². The van der Waals surface area contributed by atoms with E-state index in [1.807, 2.05) is 22.9 Å². The van der Waals surface area contributed by atoms with E-state index in [1.54, 1.807) is 12.7 Å². The average Bonchev–Trinajstić information content (AvgIpc) is 3.30. The lowest BCUT2D eigenvalue weighted by Crippen LogP contribution is -2.49. The van der Waals surface area contributed by atoms with Crippen LogP contribution in [0.4, 0.5) is 0 Å². The molecule has 132 valence electrons. The molecule has 2 aliphatic rings. The van der Waals surface area contributed by atoms with Crippen molar-refractivity contribution < 1.29 is 4.79 Å². The molecule has 1 aromatic heterocycles. The Labute approximate surface area is 148 Å². The first-order valence-electron chi connectivity index (χ1n) is 9.25. The van der Waals surface area contributed by atoms with Gasteiger partial charge >= 0.3 is 0 Å². The van der Waals surface area contributed by atoms with Crippen molar-refractivity contribution in [1.29, 1.82) is 0 Å². The lowest BCUT2D eigenvalue weighted by molar-refractivity contribution is -0.128. The van der Waals surface area contributed by atoms with Crippen LogP contribution >= 0.6 is 0 Å². The fraction of sp³-hybridized carbons (Fsp3) is 0.526. The monoisotopic (exact) mass is 339 g/mol. The molecule has 1 saturated carbocycles. The van der Waals surface area contributed by atoms with E-state index in [4.69, 9.17) is 0 Å². The number of carbonyl (C=O) groups is 1. The zero-order valence-corrected chi connectivity index (χ0v) is 14.4. The summed E-state index contributed by atoms with van der Waals surface area (Å²) < 4.78 is 1.88. The minimum Gasteiger partial charge on any atom is -0.352 e. The molecular weight excluding hydrogens is 314 g/mol. The maximum Gasteiger partial charge on any atom is 0.242 e. The van der Waals surface area contributed by atoms with E-state index in [0.29, 0.717) is 12.1 Å². The van der Waals surface area contributed by atoms with Gasteiger partial charge in [-0.3, -0.25) is 14.4 Å². The molecular formula is C19H25N5O. The first-order valence-corrected chi connectivity index (χ1v) is 9.25. The van der Waals surface area contributed by atoms with E-state index in [9.17, 15) is 4.79 Å². The van der Waals surface area contributed by atoms with Crippen LogP contribution < -0.4 is 5.32 Å². The molecule has 0 bridgehead atoms. The Kier molecular flexibility index (Phi) is 4.78. The maximum atomic E-state index is 13.1. The Hall–Kier alpha value is -2.21. The summed E-state index contributed by atoms with van der Waals surface area (Å²) >= 11 is 0. The normalized spacial score (nSPS) is 22.5. The van der Waals surface area contributed by atoms with Crippen molar-refractivity contribution >= 4 is 5.91 Å². The van der Waals surface area contributed by atoms with Gasteiger partial charge in [0.2, 0.25) is 5.91 Å². The van der Waals surface area contributed by atoms with Crippen LogP contribution in [0, 0.1) is 0 Å². The predicted molar refractivity (Wildman–Crippen MR) is 94.7 cm³/mol. The molecule has 2 aromatic rings. The quantitative estimate of drug-likeness (QED) is 0.876. The van der Waals surface area contributed by atoms with Gasteiger partial charge in [-0.2, -0.15) is 5.10 Å². The number of hydrogen-bond acceptors (Lipinski definition) is 4. The molecule has 1 saturated heterocycles. The number of carbonyl (C=O) groups excluding carboxylic acids is 1. The van der Waals surface area contributed by atoms with Crippen LogP contribution in [0.15, 0.2) is 43.0 Å². The highest BCUT2D eigenvalue weighted by molar-refractivity contribution is 5.83. The maximum absolute atomic E-state index is 13.1. The van der Waals surface area contributed by atoms with Gasteiger partial charge in [-0.15, -0.1) is 0 Å². The number of rotatable bonds is 6. The number of likely N-dealkylation sites (tertiary alicyclic amines) is 1. The second kappa shape index (κ2) is 7.35. The summed E-state index contributed by atoms with van der Waals surface area (Å²) in [6.45, 7) is 1.72. The second-order valence-corrected chi connectivity index (χ2v) is 7.10. The van der Waals surface area contributed by atoms with Crippen molar-refractivity contribution in [3.05, 3.63) is 48.5 Å². The van der Waals surface area contributed by atoms with Gasteiger partial charge in [0.05, 0.1) is 6.54 Å². The number of nitrogens with one attached hydrogen (secondary N) is 1. The molecule has 2 atom stereocenters. The smallest absolute Gasteiger partial charge is 0.242 e. The standard InChI is InChI=1S/C19H25N5O/c25-19(22-16-9-10-16)18(15-6-2-1-3-7-15)24-11-5-4-8-17(24)12-23-14-20-13-21-23/h1-3,6-7,13-14,16-18H,4-5,8-12H2,(H,22,25)/t17-,18-/m1/s1. The minimum atomic E-state index is -0.226. The van der Waals surface area contributed by atoms with Crippen molar-refractivity contribution in [2.45, 2.75) is 56.8 Å². The molecule has 0 spiro atoms. The molecule has 1 aromatic carbocycles. The van der Waals surface area contributed by atoms with Gasteiger partial charge in [-0.05, 0) is 37.8 Å². The Morgan fingerprint density at radius 1 is 1.20 bits per heavy atom. The zero-order valence-electron chi connectivity index (χ0n) is 14.4. The molecule has 2 heterocycles. The molecule has 6 heteroatoms. The van der Waals surface area contributed by atoms with Crippen molar-refractivity contribution in [3.63, 3.8) is 0 Å². The average molecular weight is 339 g/mol. The van der Waals surface area contributed by atoms with Gasteiger partial charge in [0.1, 0.15) is 18.7 Å². The Balaban J connectivity index is 1.59. The summed E-state index contributed by atoms with van der Waals surface area (Å²) in [5.74, 6) is 0.138. The number of benzene rings is 1. The molecule has 1 amide bonds. The van der Waals surface area contributed by atoms with E-state index in [1.165, 1.54) is 6.42 Å². The number of hydrogen-bond donors (Lipinski definition) is 1. The van der Waals surface area contributed by atoms with Crippen LogP contribution in [0.25, 0.3) is 0 Å². The fourth-order valence-corrected chi connectivity index (χ4v) is 3.74. The summed E-state index contributed by atoms with van der Waals surface area (Å²) in [6.07, 6.45) is 8.96. The van der Waals surface area contributed by atoms with Gasteiger partial charge in [0, 0.05) is 12.1 Å².